The van der Waals surface area contributed by atoms with E-state index in [2.05, 4.69) is 11.9 Å². The van der Waals surface area contributed by atoms with Crippen LogP contribution in [0.3, 0.4) is 0 Å². The first-order valence-electron chi connectivity index (χ1n) is 12.6. The number of rotatable bonds is 2. The van der Waals surface area contributed by atoms with Crippen molar-refractivity contribution in [2.24, 2.45) is 17.3 Å². The molecule has 0 unspecified atom stereocenters. The van der Waals surface area contributed by atoms with Gasteiger partial charge in [-0.1, -0.05) is 34.1 Å². The van der Waals surface area contributed by atoms with Crippen molar-refractivity contribution in [3.8, 4) is 0 Å². The molecule has 3 heterocycles. The summed E-state index contributed by atoms with van der Waals surface area (Å²) in [6, 6.07) is 0. The van der Waals surface area contributed by atoms with E-state index >= 15 is 0 Å². The third-order valence-corrected chi connectivity index (χ3v) is 8.72. The van der Waals surface area contributed by atoms with Crippen LogP contribution in [0.15, 0.2) is 11.0 Å². The van der Waals surface area contributed by atoms with Gasteiger partial charge in [-0.25, -0.2) is 4.98 Å². The number of ether oxygens (including phenoxy) is 2. The molecule has 196 valence electrons. The lowest BCUT2D eigenvalue weighted by atomic mass is 9.73. The summed E-state index contributed by atoms with van der Waals surface area (Å²) in [6.45, 7) is 12.8. The molecule has 2 N–H and O–H groups in total. The summed E-state index contributed by atoms with van der Waals surface area (Å²) in [7, 11) is 0. The molecule has 2 aliphatic heterocycles. The highest BCUT2D eigenvalue weighted by molar-refractivity contribution is 7.09. The largest absolute Gasteiger partial charge is 0.458 e. The molecule has 2 aliphatic rings. The lowest BCUT2D eigenvalue weighted by molar-refractivity contribution is -0.154. The van der Waals surface area contributed by atoms with Crippen molar-refractivity contribution in [2.45, 2.75) is 111 Å². The normalized spacial score (nSPS) is 37.5. The van der Waals surface area contributed by atoms with Gasteiger partial charge >= 0.3 is 5.97 Å². The molecule has 0 saturated carbocycles. The number of hydrogen-bond acceptors (Lipinski definition) is 8. The Morgan fingerprint density at radius 1 is 1.23 bits per heavy atom. The number of aromatic nitrogens is 1. The summed E-state index contributed by atoms with van der Waals surface area (Å²) in [5.41, 5.74) is 0.179. The number of carbonyl (C=O) groups is 2. The molecule has 0 bridgehead atoms. The van der Waals surface area contributed by atoms with Crippen LogP contribution >= 0.6 is 11.3 Å². The van der Waals surface area contributed by atoms with Gasteiger partial charge in [0.1, 0.15) is 11.9 Å². The number of aliphatic hydroxyl groups excluding tert-OH is 2. The predicted octanol–water partition coefficient (Wildman–Crippen LogP) is 4.48. The van der Waals surface area contributed by atoms with Gasteiger partial charge < -0.3 is 19.7 Å². The third-order valence-electron chi connectivity index (χ3n) is 7.93. The highest BCUT2D eigenvalue weighted by Crippen LogP contribution is 2.45. The van der Waals surface area contributed by atoms with Crippen molar-refractivity contribution in [3.63, 3.8) is 0 Å². The summed E-state index contributed by atoms with van der Waals surface area (Å²) < 4.78 is 11.9. The maximum atomic E-state index is 13.2. The highest BCUT2D eigenvalue weighted by atomic mass is 32.1. The topological polar surface area (TPSA) is 109 Å². The van der Waals surface area contributed by atoms with Crippen LogP contribution in [0.25, 0.3) is 6.08 Å². The third kappa shape index (κ3) is 6.59. The van der Waals surface area contributed by atoms with Crippen LogP contribution in [0.2, 0.25) is 0 Å². The number of carbonyl (C=O) groups excluding carboxylic acids is 2. The van der Waals surface area contributed by atoms with Crippen molar-refractivity contribution in [1.82, 2.24) is 4.98 Å². The van der Waals surface area contributed by atoms with Crippen LogP contribution in [0.5, 0.6) is 0 Å². The first-order valence-corrected chi connectivity index (χ1v) is 13.5. The number of epoxide rings is 1. The summed E-state index contributed by atoms with van der Waals surface area (Å²) >= 11 is 1.56. The van der Waals surface area contributed by atoms with Gasteiger partial charge in [0.15, 0.2) is 0 Å². The van der Waals surface area contributed by atoms with Gasteiger partial charge in [-0.15, -0.1) is 11.3 Å². The number of aliphatic hydroxyl groups is 2. The molecular weight excluding hydrogens is 466 g/mol. The maximum absolute atomic E-state index is 13.2. The van der Waals surface area contributed by atoms with Gasteiger partial charge in [-0.3, -0.25) is 9.59 Å². The lowest BCUT2D eigenvalue weighted by Crippen LogP contribution is -2.45. The predicted molar refractivity (Wildman–Crippen MR) is 136 cm³/mol. The smallest absolute Gasteiger partial charge is 0.309 e. The van der Waals surface area contributed by atoms with Gasteiger partial charge in [0.25, 0.3) is 0 Å². The molecule has 1 aromatic rings. The minimum Gasteiger partial charge on any atom is -0.458 e. The SMILES string of the molecule is CC(=Cc1csc(C)n1)[C@@H]1C[C@@H]2O[C@@]2(C)CCC[C@H](C)[C@@H](O)[C@H](C)C(=O)C(C)(C)[C@H](O)CC(=O)O1. The fourth-order valence-electron chi connectivity index (χ4n) is 5.07. The quantitative estimate of drug-likeness (QED) is 0.449. The number of aryl methyl sites for hydroxylation is 1. The summed E-state index contributed by atoms with van der Waals surface area (Å²) in [6.07, 6.45) is 1.98. The zero-order valence-electron chi connectivity index (χ0n) is 22.0. The molecule has 2 fully saturated rings. The van der Waals surface area contributed by atoms with Gasteiger partial charge in [0.05, 0.1) is 46.5 Å². The second-order valence-electron chi connectivity index (χ2n) is 11.3. The Hall–Kier alpha value is -1.61. The summed E-state index contributed by atoms with van der Waals surface area (Å²) in [5, 5.41) is 24.6. The Kier molecular flexibility index (Phi) is 8.62. The number of thiazole rings is 1. The molecule has 35 heavy (non-hydrogen) atoms. The first-order chi connectivity index (χ1) is 16.2. The molecule has 7 nitrogen and oxygen atoms in total. The number of Topliss-reactive ketones (excluding diaryl/α,β-unsaturated/α-hetero) is 1. The Bertz CT molecular complexity index is 955. The number of esters is 1. The van der Waals surface area contributed by atoms with E-state index < -0.39 is 35.6 Å². The molecule has 0 spiro atoms. The fourth-order valence-corrected chi connectivity index (χ4v) is 5.64. The molecule has 0 aliphatic carbocycles. The molecule has 0 amide bonds. The Labute approximate surface area is 212 Å². The molecule has 2 saturated heterocycles. The van der Waals surface area contributed by atoms with E-state index in [1.54, 1.807) is 32.1 Å². The van der Waals surface area contributed by atoms with Gasteiger partial charge in [0.2, 0.25) is 0 Å². The van der Waals surface area contributed by atoms with Crippen molar-refractivity contribution < 1.29 is 29.3 Å². The molecule has 8 heteroatoms. The van der Waals surface area contributed by atoms with Crippen LogP contribution < -0.4 is 0 Å². The average Bonchev–Trinajstić information content (AvgIpc) is 3.22. The fraction of sp³-hybridized carbons (Fsp3) is 0.741. The Balaban J connectivity index is 1.85. The van der Waals surface area contributed by atoms with E-state index in [0.717, 1.165) is 35.5 Å². The highest BCUT2D eigenvalue weighted by Gasteiger charge is 2.53. The Morgan fingerprint density at radius 2 is 1.91 bits per heavy atom. The van der Waals surface area contributed by atoms with Crippen LogP contribution in [-0.2, 0) is 19.1 Å². The molecule has 7 atom stereocenters. The van der Waals surface area contributed by atoms with Crippen LogP contribution in [0.1, 0.15) is 84.3 Å². The van der Waals surface area contributed by atoms with Gasteiger partial charge in [0, 0.05) is 17.7 Å². The molecular formula is C27H41NO6S. The maximum Gasteiger partial charge on any atom is 0.309 e. The van der Waals surface area contributed by atoms with E-state index in [0.29, 0.717) is 6.42 Å². The molecule has 0 radical (unpaired) electrons. The van der Waals surface area contributed by atoms with E-state index in [1.165, 1.54) is 0 Å². The minimum absolute atomic E-state index is 0.0455. The van der Waals surface area contributed by atoms with Crippen molar-refractivity contribution >= 4 is 29.2 Å². The van der Waals surface area contributed by atoms with Crippen molar-refractivity contribution in [2.75, 3.05) is 0 Å². The number of fused-ring (bicyclic) bond motifs is 1. The standard InChI is InChI=1S/C27H41NO6S/c1-15-9-8-10-27(7)22(34-27)12-20(16(2)11-19-14-35-18(4)28-19)33-23(30)13-21(29)26(5,6)25(32)17(3)24(15)31/h11,14-15,17,20-22,24,29,31H,8-10,12-13H2,1-7H3/t15-,17-,20-,21+,22-,24+,27-/m0/s1. The zero-order chi connectivity index (χ0) is 26.1. The summed E-state index contributed by atoms with van der Waals surface area (Å²) in [5.74, 6) is -1.55. The van der Waals surface area contributed by atoms with Crippen LogP contribution in [0.4, 0.5) is 0 Å². The van der Waals surface area contributed by atoms with E-state index in [-0.39, 0.29) is 29.8 Å². The van der Waals surface area contributed by atoms with Gasteiger partial charge in [-0.2, -0.15) is 0 Å². The monoisotopic (exact) mass is 507 g/mol. The molecule has 1 aromatic heterocycles. The van der Waals surface area contributed by atoms with Gasteiger partial charge in [-0.05, 0) is 51.2 Å². The first kappa shape index (κ1) is 28.0. The zero-order valence-corrected chi connectivity index (χ0v) is 22.9. The average molecular weight is 508 g/mol. The van der Waals surface area contributed by atoms with E-state index in [4.69, 9.17) is 9.47 Å². The number of hydrogen-bond donors (Lipinski definition) is 2. The number of nitrogens with zero attached hydrogens (tertiary/aromatic N) is 1. The molecule has 0 aromatic carbocycles. The molecule has 3 rings (SSSR count). The Morgan fingerprint density at radius 3 is 2.54 bits per heavy atom. The van der Waals surface area contributed by atoms with Crippen molar-refractivity contribution in [3.05, 3.63) is 21.7 Å². The number of cyclic esters (lactones) is 1. The second-order valence-corrected chi connectivity index (χ2v) is 12.3. The summed E-state index contributed by atoms with van der Waals surface area (Å²) in [4.78, 5) is 30.6. The van der Waals surface area contributed by atoms with E-state index in [1.807, 2.05) is 32.2 Å². The lowest BCUT2D eigenvalue weighted by Gasteiger charge is -2.34. The van der Waals surface area contributed by atoms with Crippen molar-refractivity contribution in [1.29, 1.82) is 0 Å². The second kappa shape index (κ2) is 10.8. The van der Waals surface area contributed by atoms with E-state index in [9.17, 15) is 19.8 Å². The van der Waals surface area contributed by atoms with Crippen LogP contribution in [0, 0.1) is 24.2 Å². The minimum atomic E-state index is -1.23. The number of ketones is 1. The van der Waals surface area contributed by atoms with Crippen LogP contribution in [-0.4, -0.2) is 57.0 Å².